The van der Waals surface area contributed by atoms with Crippen LogP contribution in [0, 0.1) is 18.8 Å². The predicted octanol–water partition coefficient (Wildman–Crippen LogP) is 5.12. The van der Waals surface area contributed by atoms with Gasteiger partial charge < -0.3 is 14.6 Å². The van der Waals surface area contributed by atoms with Gasteiger partial charge in [-0.25, -0.2) is 0 Å². The Morgan fingerprint density at radius 2 is 2.19 bits per heavy atom. The summed E-state index contributed by atoms with van der Waals surface area (Å²) in [6.45, 7) is 4.00. The summed E-state index contributed by atoms with van der Waals surface area (Å²) in [5, 5.41) is 9.52. The highest BCUT2D eigenvalue weighted by Crippen LogP contribution is 2.61. The molecule has 31 heavy (non-hydrogen) atoms. The van der Waals surface area contributed by atoms with E-state index in [4.69, 9.17) is 26.2 Å². The van der Waals surface area contributed by atoms with Crippen LogP contribution in [0.4, 0.5) is 0 Å². The number of ether oxygens (including phenoxy) is 2. The second-order valence-electron chi connectivity index (χ2n) is 8.41. The highest BCUT2D eigenvalue weighted by atomic mass is 35.5. The molecule has 6 nitrogen and oxygen atoms in total. The van der Waals surface area contributed by atoms with Crippen LogP contribution in [0.15, 0.2) is 30.5 Å². The summed E-state index contributed by atoms with van der Waals surface area (Å²) in [6, 6.07) is 7.56. The first kappa shape index (κ1) is 21.6. The Kier molecular flexibility index (Phi) is 6.19. The van der Waals surface area contributed by atoms with E-state index in [9.17, 15) is 9.59 Å². The first-order valence-electron chi connectivity index (χ1n) is 10.7. The number of hydrogen-bond acceptors (Lipinski definition) is 5. The normalized spacial score (nSPS) is 22.9. The number of nitrogens with zero attached hydrogens (tertiary/aromatic N) is 1. The molecule has 4 rings (SSSR count). The molecule has 2 aromatic rings. The van der Waals surface area contributed by atoms with E-state index < -0.39 is 5.97 Å². The van der Waals surface area contributed by atoms with Crippen LogP contribution < -0.4 is 9.47 Å². The van der Waals surface area contributed by atoms with Crippen molar-refractivity contribution in [2.75, 3.05) is 6.61 Å². The van der Waals surface area contributed by atoms with Crippen molar-refractivity contribution in [3.05, 3.63) is 52.3 Å². The fourth-order valence-corrected chi connectivity index (χ4v) is 4.77. The maximum absolute atomic E-state index is 12.2. The number of fused-ring (bicyclic) bond motifs is 3. The zero-order valence-electron chi connectivity index (χ0n) is 17.6. The molecule has 2 heterocycles. The van der Waals surface area contributed by atoms with Crippen LogP contribution in [0.1, 0.15) is 61.4 Å². The van der Waals surface area contributed by atoms with E-state index in [1.807, 2.05) is 38.2 Å². The Morgan fingerprint density at radius 3 is 2.87 bits per heavy atom. The van der Waals surface area contributed by atoms with E-state index in [1.165, 1.54) is 0 Å². The summed E-state index contributed by atoms with van der Waals surface area (Å²) in [5.41, 5.74) is 2.84. The summed E-state index contributed by atoms with van der Waals surface area (Å²) in [6.07, 6.45) is 3.32. The third kappa shape index (κ3) is 4.69. The number of aryl methyl sites for hydroxylation is 1. The van der Waals surface area contributed by atoms with Crippen LogP contribution in [0.3, 0.4) is 0 Å². The minimum Gasteiger partial charge on any atom is -0.485 e. The fraction of sp³-hybridized carbons (Fsp3) is 0.458. The molecule has 0 saturated heterocycles. The van der Waals surface area contributed by atoms with Crippen molar-refractivity contribution in [3.63, 3.8) is 0 Å². The summed E-state index contributed by atoms with van der Waals surface area (Å²) in [4.78, 5) is 27.7. The number of benzene rings is 1. The second-order valence-corrected chi connectivity index (χ2v) is 8.82. The summed E-state index contributed by atoms with van der Waals surface area (Å²) >= 11 is 6.59. The van der Waals surface area contributed by atoms with Crippen molar-refractivity contribution in [3.8, 4) is 11.5 Å². The van der Waals surface area contributed by atoms with Crippen molar-refractivity contribution in [2.24, 2.45) is 11.8 Å². The van der Waals surface area contributed by atoms with E-state index in [0.717, 1.165) is 16.8 Å². The third-order valence-electron chi connectivity index (χ3n) is 6.20. The zero-order valence-corrected chi connectivity index (χ0v) is 18.4. The number of aromatic nitrogens is 1. The third-order valence-corrected chi connectivity index (χ3v) is 6.50. The van der Waals surface area contributed by atoms with Gasteiger partial charge in [0.25, 0.3) is 0 Å². The topological polar surface area (TPSA) is 85.7 Å². The number of carboxylic acids is 1. The highest BCUT2D eigenvalue weighted by molar-refractivity contribution is 6.32. The van der Waals surface area contributed by atoms with Gasteiger partial charge in [-0.15, -0.1) is 0 Å². The monoisotopic (exact) mass is 443 g/mol. The van der Waals surface area contributed by atoms with Gasteiger partial charge in [0.2, 0.25) is 0 Å². The molecule has 1 aliphatic carbocycles. The van der Waals surface area contributed by atoms with Crippen LogP contribution >= 0.6 is 11.6 Å². The number of carbonyl (C=O) groups is 2. The Balaban J connectivity index is 1.60. The molecule has 0 radical (unpaired) electrons. The molecular formula is C24H26ClNO5. The number of carbonyl (C=O) groups excluding carboxylic acids is 1. The molecule has 164 valence electrons. The van der Waals surface area contributed by atoms with Crippen LogP contribution in [-0.2, 0) is 9.59 Å². The lowest BCUT2D eigenvalue weighted by Crippen LogP contribution is -2.15. The van der Waals surface area contributed by atoms with E-state index in [1.54, 1.807) is 6.07 Å². The summed E-state index contributed by atoms with van der Waals surface area (Å²) in [5.74, 6) is 0.686. The first-order valence-corrected chi connectivity index (χ1v) is 11.0. The molecule has 4 atom stereocenters. The van der Waals surface area contributed by atoms with E-state index in [0.29, 0.717) is 35.8 Å². The number of hydrogen-bond donors (Lipinski definition) is 1. The van der Waals surface area contributed by atoms with Crippen LogP contribution in [-0.4, -0.2) is 28.4 Å². The van der Waals surface area contributed by atoms with Gasteiger partial charge in [-0.1, -0.05) is 24.6 Å². The average molecular weight is 444 g/mol. The molecule has 1 saturated carbocycles. The lowest BCUT2D eigenvalue weighted by molar-refractivity contribution is -0.137. The zero-order chi connectivity index (χ0) is 22.1. The van der Waals surface area contributed by atoms with Gasteiger partial charge in [0.05, 0.1) is 10.7 Å². The van der Waals surface area contributed by atoms with Gasteiger partial charge in [0.15, 0.2) is 5.78 Å². The molecule has 1 N–H and O–H groups in total. The molecule has 0 bridgehead atoms. The lowest BCUT2D eigenvalue weighted by Gasteiger charge is -2.21. The molecule has 7 heteroatoms. The number of halogens is 1. The number of aliphatic carboxylic acids is 1. The number of rotatable bonds is 7. The van der Waals surface area contributed by atoms with Crippen molar-refractivity contribution in [2.45, 2.75) is 51.6 Å². The van der Waals surface area contributed by atoms with Gasteiger partial charge in [-0.3, -0.25) is 14.6 Å². The maximum Gasteiger partial charge on any atom is 0.303 e. The first-order chi connectivity index (χ1) is 14.9. The minimum atomic E-state index is -0.820. The number of pyridine rings is 1. The van der Waals surface area contributed by atoms with E-state index in [-0.39, 0.29) is 42.7 Å². The van der Waals surface area contributed by atoms with Gasteiger partial charge >= 0.3 is 5.97 Å². The molecule has 1 fully saturated rings. The predicted molar refractivity (Wildman–Crippen MR) is 116 cm³/mol. The molecule has 1 aromatic heterocycles. The Morgan fingerprint density at radius 1 is 1.39 bits per heavy atom. The molecule has 0 spiro atoms. The molecule has 1 aliphatic heterocycles. The van der Waals surface area contributed by atoms with Gasteiger partial charge in [-0.05, 0) is 60.8 Å². The minimum absolute atomic E-state index is 0.000330. The molecule has 1 aromatic carbocycles. The van der Waals surface area contributed by atoms with Crippen molar-refractivity contribution in [1.29, 1.82) is 0 Å². The average Bonchev–Trinajstić information content (AvgIpc) is 3.41. The molecule has 3 unspecified atom stereocenters. The molecule has 0 amide bonds. The second kappa shape index (κ2) is 8.87. The Labute approximate surface area is 186 Å². The lowest BCUT2D eigenvalue weighted by atomic mass is 10.0. The van der Waals surface area contributed by atoms with Crippen molar-refractivity contribution < 1.29 is 24.2 Å². The Hall–Kier alpha value is -2.60. The SMILES string of the molecule is CC[C@@H](Oc1cc2c(cc1Cl)C1C(CCC(=O)O)C1CC(=O)CO2)c1ccc(C)cn1. The van der Waals surface area contributed by atoms with Crippen LogP contribution in [0.5, 0.6) is 11.5 Å². The van der Waals surface area contributed by atoms with Gasteiger partial charge in [0, 0.05) is 25.1 Å². The summed E-state index contributed by atoms with van der Waals surface area (Å²) < 4.78 is 12.0. The largest absolute Gasteiger partial charge is 0.485 e. The van der Waals surface area contributed by atoms with Crippen LogP contribution in [0.25, 0.3) is 0 Å². The highest BCUT2D eigenvalue weighted by Gasteiger charge is 2.53. The van der Waals surface area contributed by atoms with Gasteiger partial charge in [-0.2, -0.15) is 0 Å². The van der Waals surface area contributed by atoms with Crippen molar-refractivity contribution in [1.82, 2.24) is 4.98 Å². The standard InChI is InChI=1S/C24H26ClNO5/c1-3-20(19-6-4-13(2)11-26-19)31-22-10-21-17(9-18(22)25)24-15(5-7-23(28)29)16(24)8-14(27)12-30-21/h4,6,9-11,15-16,20,24H,3,5,7-8,12H2,1-2H3,(H,28,29)/t15?,16?,20-,24?/m1/s1. The maximum atomic E-state index is 12.2. The van der Waals surface area contributed by atoms with Crippen LogP contribution in [0.2, 0.25) is 5.02 Å². The smallest absolute Gasteiger partial charge is 0.303 e. The number of Topliss-reactive ketones (excluding diaryl/α,β-unsaturated/α-hetero) is 1. The van der Waals surface area contributed by atoms with Crippen molar-refractivity contribution >= 4 is 23.4 Å². The molecule has 2 aliphatic rings. The fourth-order valence-electron chi connectivity index (χ4n) is 4.55. The Bertz CT molecular complexity index is 990. The van der Waals surface area contributed by atoms with E-state index in [2.05, 4.69) is 4.98 Å². The summed E-state index contributed by atoms with van der Waals surface area (Å²) in [7, 11) is 0. The number of ketones is 1. The quantitative estimate of drug-likeness (QED) is 0.639. The van der Waals surface area contributed by atoms with Gasteiger partial charge in [0.1, 0.15) is 24.2 Å². The molecular weight excluding hydrogens is 418 g/mol. The number of carboxylic acid groups (broad SMARTS) is 1. The van der Waals surface area contributed by atoms with E-state index >= 15 is 0 Å².